The first kappa shape index (κ1) is 14.6. The molecule has 17 heavy (non-hydrogen) atoms. The van der Waals surface area contributed by atoms with Gasteiger partial charge in [-0.15, -0.1) is 5.10 Å². The summed E-state index contributed by atoms with van der Waals surface area (Å²) in [4.78, 5) is 1.32. The van der Waals surface area contributed by atoms with Crippen LogP contribution in [0.2, 0.25) is 0 Å². The highest BCUT2D eigenvalue weighted by atomic mass is 32.1. The molecule has 0 aliphatic carbocycles. The van der Waals surface area contributed by atoms with Gasteiger partial charge in [-0.05, 0) is 25.0 Å². The Balaban J connectivity index is 2.78. The van der Waals surface area contributed by atoms with Crippen molar-refractivity contribution in [2.45, 2.75) is 64.8 Å². The maximum absolute atomic E-state index is 4.31. The van der Waals surface area contributed by atoms with Crippen LogP contribution < -0.4 is 5.32 Å². The van der Waals surface area contributed by atoms with E-state index in [1.807, 2.05) is 7.05 Å². The smallest absolute Gasteiger partial charge is 0.0857 e. The number of rotatable bonds is 6. The van der Waals surface area contributed by atoms with E-state index in [0.29, 0.717) is 6.04 Å². The summed E-state index contributed by atoms with van der Waals surface area (Å²) in [6.07, 6.45) is 5.01. The van der Waals surface area contributed by atoms with Gasteiger partial charge in [0.1, 0.15) is 0 Å². The molecule has 1 unspecified atom stereocenters. The van der Waals surface area contributed by atoms with Crippen molar-refractivity contribution in [2.75, 3.05) is 7.05 Å². The summed E-state index contributed by atoms with van der Waals surface area (Å²) in [7, 11) is 2.03. The zero-order valence-corrected chi connectivity index (χ0v) is 12.5. The highest BCUT2D eigenvalue weighted by Crippen LogP contribution is 2.32. The van der Waals surface area contributed by atoms with E-state index in [-0.39, 0.29) is 5.41 Å². The van der Waals surface area contributed by atoms with E-state index in [1.165, 1.54) is 30.6 Å². The topological polar surface area (TPSA) is 37.8 Å². The lowest BCUT2D eigenvalue weighted by molar-refractivity contribution is 0.493. The number of unbranched alkanes of at least 4 members (excludes halogenated alkanes) is 2. The van der Waals surface area contributed by atoms with Gasteiger partial charge in [0.15, 0.2) is 0 Å². The molecule has 1 aromatic heterocycles. The number of hydrogen-bond acceptors (Lipinski definition) is 4. The molecule has 98 valence electrons. The first-order valence-electron chi connectivity index (χ1n) is 6.50. The van der Waals surface area contributed by atoms with E-state index >= 15 is 0 Å². The highest BCUT2D eigenvalue weighted by Gasteiger charge is 2.26. The molecule has 0 spiro atoms. The zero-order valence-electron chi connectivity index (χ0n) is 11.7. The Morgan fingerprint density at radius 3 is 2.53 bits per heavy atom. The van der Waals surface area contributed by atoms with Crippen molar-refractivity contribution < 1.29 is 0 Å². The number of hydrogen-bond donors (Lipinski definition) is 1. The van der Waals surface area contributed by atoms with Gasteiger partial charge in [0, 0.05) is 11.5 Å². The van der Waals surface area contributed by atoms with E-state index < -0.39 is 0 Å². The molecule has 1 atom stereocenters. The molecule has 1 rings (SSSR count). The van der Waals surface area contributed by atoms with Gasteiger partial charge in [0.05, 0.1) is 10.6 Å². The molecule has 0 aliphatic heterocycles. The second-order valence-corrected chi connectivity index (χ2v) is 6.36. The zero-order chi connectivity index (χ0) is 12.9. The summed E-state index contributed by atoms with van der Waals surface area (Å²) >= 11 is 1.54. The third kappa shape index (κ3) is 4.03. The summed E-state index contributed by atoms with van der Waals surface area (Å²) in [6.45, 7) is 8.84. The van der Waals surface area contributed by atoms with Gasteiger partial charge in [-0.1, -0.05) is 51.4 Å². The summed E-state index contributed by atoms with van der Waals surface area (Å²) < 4.78 is 4.14. The Morgan fingerprint density at radius 1 is 1.29 bits per heavy atom. The predicted molar refractivity (Wildman–Crippen MR) is 74.6 cm³/mol. The number of aromatic nitrogens is 2. The molecule has 0 saturated carbocycles. The second-order valence-electron chi connectivity index (χ2n) is 5.57. The lowest BCUT2D eigenvalue weighted by Crippen LogP contribution is -2.21. The Bertz CT molecular complexity index is 328. The molecule has 1 N–H and O–H groups in total. The monoisotopic (exact) mass is 255 g/mol. The van der Waals surface area contributed by atoms with Crippen LogP contribution in [0.5, 0.6) is 0 Å². The van der Waals surface area contributed by atoms with Crippen molar-refractivity contribution in [3.8, 4) is 0 Å². The minimum absolute atomic E-state index is 0.0855. The van der Waals surface area contributed by atoms with Gasteiger partial charge >= 0.3 is 0 Å². The van der Waals surface area contributed by atoms with Crippen LogP contribution in [0.4, 0.5) is 0 Å². The third-order valence-electron chi connectivity index (χ3n) is 2.99. The fourth-order valence-electron chi connectivity index (χ4n) is 1.95. The maximum Gasteiger partial charge on any atom is 0.0857 e. The largest absolute Gasteiger partial charge is 0.312 e. The molecule has 0 aromatic carbocycles. The van der Waals surface area contributed by atoms with Crippen LogP contribution in [0.25, 0.3) is 0 Å². The average Bonchev–Trinajstić information content (AvgIpc) is 2.73. The molecule has 1 heterocycles. The van der Waals surface area contributed by atoms with Crippen LogP contribution in [0.1, 0.15) is 70.0 Å². The highest BCUT2D eigenvalue weighted by molar-refractivity contribution is 7.05. The van der Waals surface area contributed by atoms with Gasteiger partial charge in [0.25, 0.3) is 0 Å². The minimum Gasteiger partial charge on any atom is -0.312 e. The summed E-state index contributed by atoms with van der Waals surface area (Å²) in [6, 6.07) is 0.413. The second kappa shape index (κ2) is 6.45. The fourth-order valence-corrected chi connectivity index (χ4v) is 2.96. The van der Waals surface area contributed by atoms with Gasteiger partial charge < -0.3 is 5.32 Å². The molecule has 0 aliphatic rings. The fraction of sp³-hybridized carbons (Fsp3) is 0.846. The molecule has 0 bridgehead atoms. The van der Waals surface area contributed by atoms with Crippen LogP contribution in [0.15, 0.2) is 0 Å². The first-order valence-corrected chi connectivity index (χ1v) is 7.28. The standard InChI is InChI=1S/C13H25N3S/c1-6-7-8-9-10(14-5)11-12(13(2,3)4)15-16-17-11/h10,14H,6-9H2,1-5H3. The maximum atomic E-state index is 4.31. The quantitative estimate of drug-likeness (QED) is 0.788. The average molecular weight is 255 g/mol. The molecular weight excluding hydrogens is 230 g/mol. The molecule has 1 aromatic rings. The lowest BCUT2D eigenvalue weighted by atomic mass is 9.89. The van der Waals surface area contributed by atoms with Crippen LogP contribution in [-0.4, -0.2) is 16.6 Å². The van der Waals surface area contributed by atoms with Crippen molar-refractivity contribution in [3.63, 3.8) is 0 Å². The molecule has 0 fully saturated rings. The van der Waals surface area contributed by atoms with Crippen LogP contribution in [-0.2, 0) is 5.41 Å². The van der Waals surface area contributed by atoms with Crippen LogP contribution >= 0.6 is 11.5 Å². The van der Waals surface area contributed by atoms with Gasteiger partial charge in [-0.3, -0.25) is 0 Å². The van der Waals surface area contributed by atoms with Gasteiger partial charge in [0.2, 0.25) is 0 Å². The summed E-state index contributed by atoms with van der Waals surface area (Å²) in [5.74, 6) is 0. The van der Waals surface area contributed by atoms with Crippen molar-refractivity contribution in [3.05, 3.63) is 10.6 Å². The SMILES string of the molecule is CCCCCC(NC)c1snnc1C(C)(C)C. The predicted octanol–water partition coefficient (Wildman–Crippen LogP) is 3.68. The van der Waals surface area contributed by atoms with Crippen molar-refractivity contribution in [2.24, 2.45) is 0 Å². The van der Waals surface area contributed by atoms with E-state index in [1.54, 1.807) is 11.5 Å². The molecule has 3 nitrogen and oxygen atoms in total. The first-order chi connectivity index (χ1) is 8.00. The van der Waals surface area contributed by atoms with Crippen molar-refractivity contribution >= 4 is 11.5 Å². The van der Waals surface area contributed by atoms with E-state index in [9.17, 15) is 0 Å². The van der Waals surface area contributed by atoms with Gasteiger partial charge in [-0.25, -0.2) is 0 Å². The molecule has 4 heteroatoms. The minimum atomic E-state index is 0.0855. The molecule has 0 saturated heterocycles. The third-order valence-corrected chi connectivity index (χ3v) is 3.82. The Kier molecular flexibility index (Phi) is 5.53. The number of nitrogens with one attached hydrogen (secondary N) is 1. The van der Waals surface area contributed by atoms with E-state index in [4.69, 9.17) is 0 Å². The Labute approximate surface area is 109 Å². The Morgan fingerprint density at radius 2 is 2.00 bits per heavy atom. The normalized spacial score (nSPS) is 13.9. The van der Waals surface area contributed by atoms with Crippen molar-refractivity contribution in [1.82, 2.24) is 14.9 Å². The molecule has 0 amide bonds. The summed E-state index contributed by atoms with van der Waals surface area (Å²) in [5, 5.41) is 7.72. The van der Waals surface area contributed by atoms with E-state index in [2.05, 4.69) is 42.6 Å². The summed E-state index contributed by atoms with van der Waals surface area (Å²) in [5.41, 5.74) is 1.24. The van der Waals surface area contributed by atoms with Gasteiger partial charge in [-0.2, -0.15) is 0 Å². The Hall–Kier alpha value is -0.480. The van der Waals surface area contributed by atoms with Crippen molar-refractivity contribution in [1.29, 1.82) is 0 Å². The van der Waals surface area contributed by atoms with E-state index in [0.717, 1.165) is 5.69 Å². The van der Waals surface area contributed by atoms with Crippen LogP contribution in [0, 0.1) is 0 Å². The lowest BCUT2D eigenvalue weighted by Gasteiger charge is -2.21. The number of nitrogens with zero attached hydrogens (tertiary/aromatic N) is 2. The van der Waals surface area contributed by atoms with Crippen LogP contribution in [0.3, 0.4) is 0 Å². The molecular formula is C13H25N3S. The molecule has 0 radical (unpaired) electrons.